The van der Waals surface area contributed by atoms with Gasteiger partial charge in [0.1, 0.15) is 12.4 Å². The zero-order valence-electron chi connectivity index (χ0n) is 13.6. The molecule has 1 aliphatic rings. The topological polar surface area (TPSA) is 61.8 Å². The van der Waals surface area contributed by atoms with E-state index in [1.165, 1.54) is 0 Å². The van der Waals surface area contributed by atoms with Crippen molar-refractivity contribution in [2.45, 2.75) is 51.7 Å². The first-order valence-electron chi connectivity index (χ1n) is 7.95. The highest BCUT2D eigenvalue weighted by molar-refractivity contribution is 5.94. The molecule has 2 N–H and O–H groups in total. The van der Waals surface area contributed by atoms with E-state index in [4.69, 9.17) is 9.84 Å². The van der Waals surface area contributed by atoms with E-state index in [-0.39, 0.29) is 25.2 Å². The summed E-state index contributed by atoms with van der Waals surface area (Å²) in [6.07, 6.45) is 2.30. The molecule has 0 spiro atoms. The lowest BCUT2D eigenvalue weighted by molar-refractivity contribution is -0.121. The van der Waals surface area contributed by atoms with Gasteiger partial charge in [-0.15, -0.1) is 0 Å². The van der Waals surface area contributed by atoms with Crippen molar-refractivity contribution in [1.29, 1.82) is 0 Å². The molecule has 5 heteroatoms. The van der Waals surface area contributed by atoms with Crippen LogP contribution in [0.2, 0.25) is 0 Å². The van der Waals surface area contributed by atoms with E-state index in [2.05, 4.69) is 24.1 Å². The molecule has 1 aliphatic heterocycles. The molecule has 1 saturated heterocycles. The smallest absolute Gasteiger partial charge is 0.241 e. The maximum absolute atomic E-state index is 12.4. The number of carbonyl (C=O) groups is 1. The van der Waals surface area contributed by atoms with Crippen LogP contribution in [0.5, 0.6) is 5.75 Å². The summed E-state index contributed by atoms with van der Waals surface area (Å²) in [5.41, 5.74) is 0.757. The zero-order chi connectivity index (χ0) is 16.1. The molecule has 22 heavy (non-hydrogen) atoms. The summed E-state index contributed by atoms with van der Waals surface area (Å²) in [6, 6.07) is 7.96. The number of hydrogen-bond acceptors (Lipinski definition) is 4. The summed E-state index contributed by atoms with van der Waals surface area (Å²) in [5, 5.41) is 11.7. The maximum Gasteiger partial charge on any atom is 0.241 e. The number of nitrogens with zero attached hydrogens (tertiary/aromatic N) is 1. The molecule has 3 atom stereocenters. The lowest BCUT2D eigenvalue weighted by atomic mass is 10.2. The number of benzene rings is 1. The van der Waals surface area contributed by atoms with Crippen molar-refractivity contribution in [3.05, 3.63) is 24.3 Å². The molecule has 1 amide bonds. The van der Waals surface area contributed by atoms with Crippen LogP contribution < -0.4 is 10.1 Å². The molecule has 0 unspecified atom stereocenters. The van der Waals surface area contributed by atoms with Crippen LogP contribution in [0.3, 0.4) is 0 Å². The van der Waals surface area contributed by atoms with Crippen molar-refractivity contribution in [3.63, 3.8) is 0 Å². The van der Waals surface area contributed by atoms with Crippen molar-refractivity contribution in [3.8, 4) is 5.75 Å². The van der Waals surface area contributed by atoms with E-state index in [1.807, 2.05) is 19.1 Å². The summed E-state index contributed by atoms with van der Waals surface area (Å²) in [4.78, 5) is 14.7. The number of rotatable bonds is 6. The SMILES string of the molecule is C[C@@H]1CC[C@H](C)N1[C@H](C)C(=O)Nc1ccc(OCCO)cc1. The minimum Gasteiger partial charge on any atom is -0.491 e. The second-order valence-electron chi connectivity index (χ2n) is 5.98. The van der Waals surface area contributed by atoms with Crippen LogP contribution >= 0.6 is 0 Å². The number of aliphatic hydroxyl groups excluding tert-OH is 1. The first-order chi connectivity index (χ1) is 10.5. The first kappa shape index (κ1) is 16.8. The number of nitrogens with one attached hydrogen (secondary N) is 1. The Morgan fingerprint density at radius 3 is 2.45 bits per heavy atom. The van der Waals surface area contributed by atoms with Gasteiger partial charge in [-0.05, 0) is 57.9 Å². The Labute approximate surface area is 132 Å². The summed E-state index contributed by atoms with van der Waals surface area (Å²) >= 11 is 0. The predicted molar refractivity (Wildman–Crippen MR) is 87.1 cm³/mol. The summed E-state index contributed by atoms with van der Waals surface area (Å²) < 4.78 is 5.30. The third-order valence-corrected chi connectivity index (χ3v) is 4.33. The zero-order valence-corrected chi connectivity index (χ0v) is 13.6. The van der Waals surface area contributed by atoms with Crippen LogP contribution in [0, 0.1) is 0 Å². The number of likely N-dealkylation sites (tertiary alicyclic amines) is 1. The molecule has 1 aromatic rings. The van der Waals surface area contributed by atoms with Crippen molar-refractivity contribution in [2.75, 3.05) is 18.5 Å². The third-order valence-electron chi connectivity index (χ3n) is 4.33. The van der Waals surface area contributed by atoms with Gasteiger partial charge in [0.15, 0.2) is 0 Å². The molecule has 0 aromatic heterocycles. The Bertz CT molecular complexity index is 479. The lowest BCUT2D eigenvalue weighted by Crippen LogP contribution is -2.46. The number of aliphatic hydroxyl groups is 1. The summed E-state index contributed by atoms with van der Waals surface area (Å²) in [6.45, 7) is 6.59. The number of ether oxygens (including phenoxy) is 1. The highest BCUT2D eigenvalue weighted by atomic mass is 16.5. The maximum atomic E-state index is 12.4. The van der Waals surface area contributed by atoms with E-state index >= 15 is 0 Å². The Morgan fingerprint density at radius 1 is 1.32 bits per heavy atom. The van der Waals surface area contributed by atoms with Gasteiger partial charge >= 0.3 is 0 Å². The van der Waals surface area contributed by atoms with E-state index in [9.17, 15) is 4.79 Å². The quantitative estimate of drug-likeness (QED) is 0.846. The molecule has 0 bridgehead atoms. The Hall–Kier alpha value is -1.59. The van der Waals surface area contributed by atoms with Gasteiger partial charge in [-0.3, -0.25) is 9.69 Å². The van der Waals surface area contributed by atoms with E-state index in [1.54, 1.807) is 12.1 Å². The van der Waals surface area contributed by atoms with Gasteiger partial charge in [-0.1, -0.05) is 0 Å². The van der Waals surface area contributed by atoms with Gasteiger partial charge < -0.3 is 15.2 Å². The van der Waals surface area contributed by atoms with Crippen molar-refractivity contribution in [1.82, 2.24) is 4.90 Å². The molecule has 122 valence electrons. The second-order valence-corrected chi connectivity index (χ2v) is 5.98. The molecule has 5 nitrogen and oxygen atoms in total. The van der Waals surface area contributed by atoms with Gasteiger partial charge in [-0.2, -0.15) is 0 Å². The van der Waals surface area contributed by atoms with Crippen LogP contribution in [0.25, 0.3) is 0 Å². The standard InChI is InChI=1S/C17H26N2O3/c1-12-4-5-13(2)19(12)14(3)17(21)18-15-6-8-16(9-7-15)22-11-10-20/h6-9,12-14,20H,4-5,10-11H2,1-3H3,(H,18,21)/t12-,13+,14-/m1/s1. The fourth-order valence-electron chi connectivity index (χ4n) is 3.16. The molecule has 1 fully saturated rings. The number of amides is 1. The Kier molecular flexibility index (Phi) is 5.80. The van der Waals surface area contributed by atoms with Gasteiger partial charge in [0.05, 0.1) is 12.6 Å². The van der Waals surface area contributed by atoms with Crippen LogP contribution in [-0.4, -0.2) is 47.3 Å². The van der Waals surface area contributed by atoms with E-state index in [0.717, 1.165) is 18.5 Å². The molecule has 1 aromatic carbocycles. The van der Waals surface area contributed by atoms with E-state index in [0.29, 0.717) is 17.8 Å². The second kappa shape index (κ2) is 7.61. The fraction of sp³-hybridized carbons (Fsp3) is 0.588. The van der Waals surface area contributed by atoms with Crippen LogP contribution in [0.4, 0.5) is 5.69 Å². The highest BCUT2D eigenvalue weighted by Crippen LogP contribution is 2.26. The van der Waals surface area contributed by atoms with Gasteiger partial charge in [0, 0.05) is 17.8 Å². The van der Waals surface area contributed by atoms with Crippen LogP contribution in [-0.2, 0) is 4.79 Å². The van der Waals surface area contributed by atoms with Gasteiger partial charge in [0.2, 0.25) is 5.91 Å². The first-order valence-corrected chi connectivity index (χ1v) is 7.95. The normalized spacial score (nSPS) is 23.3. The molecule has 0 saturated carbocycles. The van der Waals surface area contributed by atoms with Gasteiger partial charge in [0.25, 0.3) is 0 Å². The van der Waals surface area contributed by atoms with Gasteiger partial charge in [-0.25, -0.2) is 0 Å². The average molecular weight is 306 g/mol. The van der Waals surface area contributed by atoms with Crippen molar-refractivity contribution < 1.29 is 14.6 Å². The Balaban J connectivity index is 1.93. The molecular weight excluding hydrogens is 280 g/mol. The number of anilines is 1. The summed E-state index contributed by atoms with van der Waals surface area (Å²) in [7, 11) is 0. The third kappa shape index (κ3) is 3.99. The number of carbonyl (C=O) groups excluding carboxylic acids is 1. The van der Waals surface area contributed by atoms with E-state index < -0.39 is 0 Å². The molecule has 1 heterocycles. The molecule has 2 rings (SSSR count). The van der Waals surface area contributed by atoms with Crippen LogP contribution in [0.1, 0.15) is 33.6 Å². The lowest BCUT2D eigenvalue weighted by Gasteiger charge is -2.31. The largest absolute Gasteiger partial charge is 0.491 e. The fourth-order valence-corrected chi connectivity index (χ4v) is 3.16. The minimum atomic E-state index is -0.141. The molecule has 0 radical (unpaired) electrons. The summed E-state index contributed by atoms with van der Waals surface area (Å²) in [5.74, 6) is 0.700. The van der Waals surface area contributed by atoms with Crippen molar-refractivity contribution >= 4 is 11.6 Å². The van der Waals surface area contributed by atoms with Crippen LogP contribution in [0.15, 0.2) is 24.3 Å². The Morgan fingerprint density at radius 2 is 1.91 bits per heavy atom. The molecular formula is C17H26N2O3. The average Bonchev–Trinajstić information content (AvgIpc) is 2.85. The monoisotopic (exact) mass is 306 g/mol. The van der Waals surface area contributed by atoms with Crippen molar-refractivity contribution in [2.24, 2.45) is 0 Å². The number of hydrogen-bond donors (Lipinski definition) is 2. The molecule has 0 aliphatic carbocycles. The minimum absolute atomic E-state index is 0.0117. The predicted octanol–water partition coefficient (Wildman–Crippen LogP) is 2.26. The highest BCUT2D eigenvalue weighted by Gasteiger charge is 2.34.